The van der Waals surface area contributed by atoms with Gasteiger partial charge in [0.2, 0.25) is 0 Å². The Morgan fingerprint density at radius 1 is 0.955 bits per heavy atom. The van der Waals surface area contributed by atoms with Crippen molar-refractivity contribution in [1.29, 1.82) is 0 Å². The molecule has 2 nitrogen and oxygen atoms in total. The predicted octanol–water partition coefficient (Wildman–Crippen LogP) is 3.84. The van der Waals surface area contributed by atoms with Crippen molar-refractivity contribution in [3.05, 3.63) is 35.4 Å². The van der Waals surface area contributed by atoms with Crippen LogP contribution in [0.4, 0.5) is 0 Å². The zero-order valence-corrected chi connectivity index (χ0v) is 15.0. The smallest absolute Gasteiger partial charge is 0.0113 e. The molecule has 1 aliphatic heterocycles. The summed E-state index contributed by atoms with van der Waals surface area (Å²) in [5, 5.41) is 0. The van der Waals surface area contributed by atoms with Gasteiger partial charge in [0.1, 0.15) is 0 Å². The summed E-state index contributed by atoms with van der Waals surface area (Å²) in [6.45, 7) is 15.4. The fraction of sp³-hybridized carbons (Fsp3) is 0.700. The summed E-state index contributed by atoms with van der Waals surface area (Å²) < 4.78 is 0. The molecule has 1 fully saturated rings. The molecule has 0 aromatic heterocycles. The van der Waals surface area contributed by atoms with Crippen LogP contribution < -0.4 is 0 Å². The van der Waals surface area contributed by atoms with Crippen LogP contribution in [0.15, 0.2) is 24.3 Å². The summed E-state index contributed by atoms with van der Waals surface area (Å²) >= 11 is 0. The van der Waals surface area contributed by atoms with Crippen molar-refractivity contribution in [2.24, 2.45) is 5.92 Å². The van der Waals surface area contributed by atoms with Crippen molar-refractivity contribution in [2.45, 2.75) is 53.0 Å². The van der Waals surface area contributed by atoms with Crippen LogP contribution in [0.1, 0.15) is 45.2 Å². The van der Waals surface area contributed by atoms with Gasteiger partial charge in [0.05, 0.1) is 0 Å². The Balaban J connectivity index is 1.71. The van der Waals surface area contributed by atoms with Crippen LogP contribution in [0.3, 0.4) is 0 Å². The molecule has 1 aliphatic rings. The van der Waals surface area contributed by atoms with E-state index in [0.717, 1.165) is 5.92 Å². The van der Waals surface area contributed by atoms with Crippen molar-refractivity contribution < 1.29 is 0 Å². The third kappa shape index (κ3) is 5.73. The highest BCUT2D eigenvalue weighted by atomic mass is 15.3. The van der Waals surface area contributed by atoms with Crippen molar-refractivity contribution in [3.63, 3.8) is 0 Å². The van der Waals surface area contributed by atoms with E-state index < -0.39 is 0 Å². The second-order valence-corrected chi connectivity index (χ2v) is 7.49. The average Bonchev–Trinajstić information content (AvgIpc) is 2.47. The van der Waals surface area contributed by atoms with E-state index in [2.05, 4.69) is 61.8 Å². The van der Waals surface area contributed by atoms with Crippen LogP contribution >= 0.6 is 0 Å². The fourth-order valence-electron chi connectivity index (χ4n) is 3.39. The van der Waals surface area contributed by atoms with E-state index in [1.807, 2.05) is 0 Å². The summed E-state index contributed by atoms with van der Waals surface area (Å²) in [5.74, 6) is 0.743. The van der Waals surface area contributed by atoms with Gasteiger partial charge in [0.25, 0.3) is 0 Å². The molecule has 2 heteroatoms. The van der Waals surface area contributed by atoms with Crippen LogP contribution in [0, 0.1) is 5.92 Å². The number of piperazine rings is 1. The Kier molecular flexibility index (Phi) is 6.91. The Bertz CT molecular complexity index is 431. The minimum atomic E-state index is 0.700. The summed E-state index contributed by atoms with van der Waals surface area (Å²) in [6, 6.07) is 9.91. The molecular weight excluding hydrogens is 268 g/mol. The van der Waals surface area contributed by atoms with Gasteiger partial charge in [-0.2, -0.15) is 0 Å². The molecular formula is C20H34N2. The monoisotopic (exact) mass is 302 g/mol. The fourth-order valence-corrected chi connectivity index (χ4v) is 3.39. The highest BCUT2D eigenvalue weighted by Gasteiger charge is 2.17. The van der Waals surface area contributed by atoms with Gasteiger partial charge in [0, 0.05) is 32.2 Å². The van der Waals surface area contributed by atoms with Crippen LogP contribution in [0.5, 0.6) is 0 Å². The second-order valence-electron chi connectivity index (χ2n) is 7.49. The van der Waals surface area contributed by atoms with Crippen LogP contribution in [0.25, 0.3) is 0 Å². The molecule has 0 N–H and O–H groups in total. The number of rotatable bonds is 7. The lowest BCUT2D eigenvalue weighted by Crippen LogP contribution is -2.48. The van der Waals surface area contributed by atoms with Gasteiger partial charge >= 0.3 is 0 Å². The molecule has 1 aromatic carbocycles. The minimum Gasteiger partial charge on any atom is -0.301 e. The van der Waals surface area contributed by atoms with Crippen molar-refractivity contribution >= 4 is 0 Å². The predicted molar refractivity (Wildman–Crippen MR) is 96.5 cm³/mol. The van der Waals surface area contributed by atoms with Crippen LogP contribution in [-0.2, 0) is 12.8 Å². The molecule has 0 unspecified atom stereocenters. The van der Waals surface area contributed by atoms with Crippen molar-refractivity contribution in [3.8, 4) is 0 Å². The zero-order chi connectivity index (χ0) is 15.9. The van der Waals surface area contributed by atoms with Gasteiger partial charge in [-0.1, -0.05) is 38.1 Å². The van der Waals surface area contributed by atoms with E-state index in [1.54, 1.807) is 0 Å². The largest absolute Gasteiger partial charge is 0.301 e. The number of benzene rings is 1. The molecule has 0 spiro atoms. The molecule has 0 aliphatic carbocycles. The Labute approximate surface area is 137 Å². The van der Waals surface area contributed by atoms with Gasteiger partial charge in [-0.3, -0.25) is 4.90 Å². The SMILES string of the molecule is CC(C)Cc1cccc(CCCN2CCN(C(C)C)CC2)c1. The molecule has 124 valence electrons. The first-order valence-electron chi connectivity index (χ1n) is 9.09. The number of hydrogen-bond donors (Lipinski definition) is 0. The first-order valence-corrected chi connectivity index (χ1v) is 9.09. The van der Waals surface area contributed by atoms with E-state index in [9.17, 15) is 0 Å². The summed E-state index contributed by atoms with van der Waals surface area (Å²) in [4.78, 5) is 5.22. The molecule has 0 atom stereocenters. The highest BCUT2D eigenvalue weighted by molar-refractivity contribution is 5.23. The van der Waals surface area contributed by atoms with Gasteiger partial charge in [-0.15, -0.1) is 0 Å². The van der Waals surface area contributed by atoms with Crippen LogP contribution in [-0.4, -0.2) is 48.6 Å². The molecule has 0 radical (unpaired) electrons. The number of hydrogen-bond acceptors (Lipinski definition) is 2. The molecule has 0 amide bonds. The van der Waals surface area contributed by atoms with E-state index in [0.29, 0.717) is 6.04 Å². The molecule has 1 heterocycles. The van der Waals surface area contributed by atoms with Gasteiger partial charge in [0.15, 0.2) is 0 Å². The molecule has 2 rings (SSSR count). The van der Waals surface area contributed by atoms with Gasteiger partial charge in [-0.05, 0) is 56.7 Å². The average molecular weight is 303 g/mol. The van der Waals surface area contributed by atoms with Crippen molar-refractivity contribution in [2.75, 3.05) is 32.7 Å². The highest BCUT2D eigenvalue weighted by Crippen LogP contribution is 2.13. The molecule has 1 aromatic rings. The second kappa shape index (κ2) is 8.69. The van der Waals surface area contributed by atoms with E-state index in [1.165, 1.54) is 63.1 Å². The number of nitrogens with zero attached hydrogens (tertiary/aromatic N) is 2. The Morgan fingerprint density at radius 3 is 2.27 bits per heavy atom. The maximum Gasteiger partial charge on any atom is 0.0113 e. The third-order valence-corrected chi connectivity index (χ3v) is 4.71. The molecule has 1 saturated heterocycles. The lowest BCUT2D eigenvalue weighted by molar-refractivity contribution is 0.108. The maximum absolute atomic E-state index is 2.64. The molecule has 0 bridgehead atoms. The van der Waals surface area contributed by atoms with E-state index >= 15 is 0 Å². The van der Waals surface area contributed by atoms with Gasteiger partial charge in [-0.25, -0.2) is 0 Å². The Hall–Kier alpha value is -0.860. The van der Waals surface area contributed by atoms with E-state index in [-0.39, 0.29) is 0 Å². The quantitative estimate of drug-likeness (QED) is 0.755. The normalized spacial score (nSPS) is 17.5. The summed E-state index contributed by atoms with van der Waals surface area (Å²) in [7, 11) is 0. The third-order valence-electron chi connectivity index (χ3n) is 4.71. The minimum absolute atomic E-state index is 0.700. The lowest BCUT2D eigenvalue weighted by atomic mass is 9.99. The maximum atomic E-state index is 2.64. The number of aryl methyl sites for hydroxylation is 1. The molecule has 22 heavy (non-hydrogen) atoms. The summed E-state index contributed by atoms with van der Waals surface area (Å²) in [5.41, 5.74) is 3.01. The Morgan fingerprint density at radius 2 is 1.64 bits per heavy atom. The first-order chi connectivity index (χ1) is 10.5. The van der Waals surface area contributed by atoms with Crippen molar-refractivity contribution in [1.82, 2.24) is 9.80 Å². The topological polar surface area (TPSA) is 6.48 Å². The summed E-state index contributed by atoms with van der Waals surface area (Å²) in [6.07, 6.45) is 3.70. The molecule has 0 saturated carbocycles. The van der Waals surface area contributed by atoms with Gasteiger partial charge < -0.3 is 4.90 Å². The van der Waals surface area contributed by atoms with E-state index in [4.69, 9.17) is 0 Å². The lowest BCUT2D eigenvalue weighted by Gasteiger charge is -2.36. The zero-order valence-electron chi connectivity index (χ0n) is 15.0. The standard InChI is InChI=1S/C20H34N2/c1-17(2)15-20-8-5-7-19(16-20)9-6-10-21-11-13-22(14-12-21)18(3)4/h5,7-8,16-18H,6,9-15H2,1-4H3. The van der Waals surface area contributed by atoms with Crippen LogP contribution in [0.2, 0.25) is 0 Å². The first kappa shape index (κ1) is 17.5.